The number of guanidine groups is 1. The number of aliphatic imine (C=N–C) groups is 1. The van der Waals surface area contributed by atoms with E-state index >= 15 is 0 Å². The molecule has 0 bridgehead atoms. The molecule has 1 aromatic rings. The predicted molar refractivity (Wildman–Crippen MR) is 97.3 cm³/mol. The molecule has 0 spiro atoms. The fraction of sp³-hybridized carbons (Fsp3) is 0.500. The van der Waals surface area contributed by atoms with Gasteiger partial charge in [0.25, 0.3) is 5.91 Å². The summed E-state index contributed by atoms with van der Waals surface area (Å²) in [5, 5.41) is 7.31. The second kappa shape index (κ2) is 8.16. The summed E-state index contributed by atoms with van der Waals surface area (Å²) >= 11 is 0. The molecule has 0 saturated carbocycles. The second-order valence-corrected chi connectivity index (χ2v) is 5.49. The van der Waals surface area contributed by atoms with Crippen LogP contribution in [-0.2, 0) is 13.0 Å². The maximum Gasteiger partial charge on any atom is 0.252 e. The Bertz CT molecular complexity index is 580. The van der Waals surface area contributed by atoms with Gasteiger partial charge in [0.15, 0.2) is 5.96 Å². The average molecular weight is 418 g/mol. The zero-order chi connectivity index (χ0) is 15.4. The first-order valence-corrected chi connectivity index (χ1v) is 7.00. The van der Waals surface area contributed by atoms with Crippen LogP contribution in [0.1, 0.15) is 29.4 Å². The molecule has 5 N–H and O–H groups in total. The van der Waals surface area contributed by atoms with Crippen molar-refractivity contribution in [2.75, 3.05) is 13.1 Å². The Kier molecular flexibility index (Phi) is 6.85. The lowest BCUT2D eigenvalue weighted by molar-refractivity contribution is 0.0998. The van der Waals surface area contributed by atoms with Crippen LogP contribution in [0.15, 0.2) is 23.3 Å². The Morgan fingerprint density at radius 1 is 1.59 bits per heavy atom. The van der Waals surface area contributed by atoms with Crippen molar-refractivity contribution < 1.29 is 4.79 Å². The number of nitrogens with zero attached hydrogens (tertiary/aromatic N) is 3. The number of nitrogens with one attached hydrogen (secondary N) is 1. The zero-order valence-electron chi connectivity index (χ0n) is 12.7. The molecule has 22 heavy (non-hydrogen) atoms. The molecule has 1 unspecified atom stereocenters. The molecule has 2 rings (SSSR count). The lowest BCUT2D eigenvalue weighted by atomic mass is 9.94. The Hall–Kier alpha value is -1.58. The number of fused-ring (bicyclic) bond motifs is 1. The van der Waals surface area contributed by atoms with Crippen molar-refractivity contribution in [2.45, 2.75) is 26.3 Å². The molecule has 7 nitrogen and oxygen atoms in total. The summed E-state index contributed by atoms with van der Waals surface area (Å²) in [6.07, 6.45) is 3.29. The molecular weight excluding hydrogens is 395 g/mol. The van der Waals surface area contributed by atoms with E-state index in [1.54, 1.807) is 6.20 Å². The summed E-state index contributed by atoms with van der Waals surface area (Å²) in [6.45, 7) is 7.72. The van der Waals surface area contributed by atoms with Gasteiger partial charge in [0, 0.05) is 13.1 Å². The van der Waals surface area contributed by atoms with Crippen LogP contribution in [0.25, 0.3) is 0 Å². The lowest BCUT2D eigenvalue weighted by Gasteiger charge is -2.24. The number of primary amides is 1. The maximum absolute atomic E-state index is 11.4. The molecule has 0 radical (unpaired) electrons. The van der Waals surface area contributed by atoms with Gasteiger partial charge >= 0.3 is 0 Å². The number of hydrogen-bond donors (Lipinski definition) is 3. The number of halogens is 1. The minimum Gasteiger partial charge on any atom is -0.370 e. The van der Waals surface area contributed by atoms with Crippen LogP contribution < -0.4 is 16.8 Å². The summed E-state index contributed by atoms with van der Waals surface area (Å²) in [5.74, 6) is 0.380. The molecule has 1 atom stereocenters. The average Bonchev–Trinajstić information content (AvgIpc) is 2.86. The van der Waals surface area contributed by atoms with Crippen molar-refractivity contribution in [1.29, 1.82) is 0 Å². The molecule has 1 amide bonds. The summed E-state index contributed by atoms with van der Waals surface area (Å²) in [6, 6.07) is 0. The number of aryl methyl sites for hydroxylation is 1. The molecule has 2 heterocycles. The van der Waals surface area contributed by atoms with Gasteiger partial charge in [0.1, 0.15) is 0 Å². The third-order valence-corrected chi connectivity index (χ3v) is 3.54. The molecule has 0 fully saturated rings. The number of nitrogens with two attached hydrogens (primary N) is 2. The number of hydrogen-bond acceptors (Lipinski definition) is 3. The van der Waals surface area contributed by atoms with Gasteiger partial charge < -0.3 is 16.8 Å². The van der Waals surface area contributed by atoms with Crippen LogP contribution in [0, 0.1) is 5.92 Å². The van der Waals surface area contributed by atoms with E-state index in [2.05, 4.69) is 22.0 Å². The molecule has 0 aliphatic carbocycles. The third kappa shape index (κ3) is 4.72. The van der Waals surface area contributed by atoms with Gasteiger partial charge in [-0.2, -0.15) is 5.10 Å². The van der Waals surface area contributed by atoms with E-state index in [0.29, 0.717) is 24.0 Å². The third-order valence-electron chi connectivity index (χ3n) is 3.54. The predicted octanol–water partition coefficient (Wildman–Crippen LogP) is 0.643. The van der Waals surface area contributed by atoms with E-state index in [1.165, 1.54) is 0 Å². The monoisotopic (exact) mass is 418 g/mol. The van der Waals surface area contributed by atoms with Gasteiger partial charge in [-0.1, -0.05) is 12.2 Å². The van der Waals surface area contributed by atoms with Crippen LogP contribution in [0.3, 0.4) is 0 Å². The van der Waals surface area contributed by atoms with Crippen LogP contribution in [0.2, 0.25) is 0 Å². The van der Waals surface area contributed by atoms with Crippen molar-refractivity contribution in [3.05, 3.63) is 29.6 Å². The quantitative estimate of drug-likeness (QED) is 0.282. The van der Waals surface area contributed by atoms with Crippen molar-refractivity contribution in [1.82, 2.24) is 15.1 Å². The first-order valence-electron chi connectivity index (χ1n) is 7.00. The summed E-state index contributed by atoms with van der Waals surface area (Å²) < 4.78 is 1.86. The molecule has 122 valence electrons. The van der Waals surface area contributed by atoms with Crippen LogP contribution in [0.5, 0.6) is 0 Å². The Balaban J connectivity index is 0.00000242. The van der Waals surface area contributed by atoms with Gasteiger partial charge in [-0.3, -0.25) is 9.48 Å². The first-order chi connectivity index (χ1) is 9.97. The zero-order valence-corrected chi connectivity index (χ0v) is 15.0. The van der Waals surface area contributed by atoms with Crippen LogP contribution in [0.4, 0.5) is 0 Å². The maximum atomic E-state index is 11.4. The number of amides is 1. The van der Waals surface area contributed by atoms with E-state index in [9.17, 15) is 4.79 Å². The Morgan fingerprint density at radius 3 is 2.95 bits per heavy atom. The minimum atomic E-state index is -0.424. The number of carbonyl (C=O) groups excluding carboxylic acids is 1. The SMILES string of the molecule is C=C(C)CN=C(N)NCC1CCn2ncc(C(N)=O)c2C1.I. The van der Waals surface area contributed by atoms with Crippen molar-refractivity contribution in [3.8, 4) is 0 Å². The van der Waals surface area contributed by atoms with E-state index in [-0.39, 0.29) is 24.0 Å². The van der Waals surface area contributed by atoms with E-state index < -0.39 is 5.91 Å². The standard InChI is InChI=1S/C14H22N6O.HI/c1-9(2)6-17-14(16)18-7-10-3-4-20-12(5-10)11(8-19-20)13(15)21;/h8,10H,1,3-7H2,2H3,(H2,15,21)(H3,16,17,18);1H. The molecule has 0 saturated heterocycles. The highest BCUT2D eigenvalue weighted by Crippen LogP contribution is 2.22. The number of rotatable bonds is 5. The fourth-order valence-electron chi connectivity index (χ4n) is 2.40. The first kappa shape index (κ1) is 18.5. The Labute approximate surface area is 147 Å². The van der Waals surface area contributed by atoms with Gasteiger partial charge in [0.2, 0.25) is 0 Å². The van der Waals surface area contributed by atoms with Gasteiger partial charge in [-0.05, 0) is 25.7 Å². The highest BCUT2D eigenvalue weighted by molar-refractivity contribution is 14.0. The minimum absolute atomic E-state index is 0. The van der Waals surface area contributed by atoms with E-state index in [4.69, 9.17) is 11.5 Å². The van der Waals surface area contributed by atoms with Crippen molar-refractivity contribution in [2.24, 2.45) is 22.4 Å². The lowest BCUT2D eigenvalue weighted by Crippen LogP contribution is -2.38. The van der Waals surface area contributed by atoms with Crippen molar-refractivity contribution in [3.63, 3.8) is 0 Å². The fourth-order valence-corrected chi connectivity index (χ4v) is 2.40. The largest absolute Gasteiger partial charge is 0.370 e. The molecule has 1 aliphatic rings. The van der Waals surface area contributed by atoms with Gasteiger partial charge in [-0.15, -0.1) is 24.0 Å². The molecule has 1 aromatic heterocycles. The van der Waals surface area contributed by atoms with Gasteiger partial charge in [-0.25, -0.2) is 4.99 Å². The summed E-state index contributed by atoms with van der Waals surface area (Å²) in [7, 11) is 0. The smallest absolute Gasteiger partial charge is 0.252 e. The number of carbonyl (C=O) groups is 1. The van der Waals surface area contributed by atoms with E-state index in [1.807, 2.05) is 11.6 Å². The highest BCUT2D eigenvalue weighted by atomic mass is 127. The topological polar surface area (TPSA) is 111 Å². The molecular formula is C14H23IN6O. The Morgan fingerprint density at radius 2 is 2.32 bits per heavy atom. The molecule has 0 aromatic carbocycles. The summed E-state index contributed by atoms with van der Waals surface area (Å²) in [4.78, 5) is 15.5. The molecule has 1 aliphatic heterocycles. The highest BCUT2D eigenvalue weighted by Gasteiger charge is 2.24. The van der Waals surface area contributed by atoms with Crippen LogP contribution >= 0.6 is 24.0 Å². The normalized spacial score (nSPS) is 17.3. The van der Waals surface area contributed by atoms with E-state index in [0.717, 1.165) is 37.2 Å². The summed E-state index contributed by atoms with van der Waals surface area (Å²) in [5.41, 5.74) is 13.6. The van der Waals surface area contributed by atoms with Crippen molar-refractivity contribution >= 4 is 35.8 Å². The number of aromatic nitrogens is 2. The van der Waals surface area contributed by atoms with Gasteiger partial charge in [0.05, 0.1) is 24.0 Å². The second-order valence-electron chi connectivity index (χ2n) is 5.49. The van der Waals surface area contributed by atoms with Crippen LogP contribution in [-0.4, -0.2) is 34.7 Å². The molecule has 8 heteroatoms.